The Bertz CT molecular complexity index is 1100. The predicted molar refractivity (Wildman–Crippen MR) is 102 cm³/mol. The summed E-state index contributed by atoms with van der Waals surface area (Å²) < 4.78 is 9.45. The third-order valence-corrected chi connectivity index (χ3v) is 4.65. The van der Waals surface area contributed by atoms with Crippen LogP contribution in [0.25, 0.3) is 10.8 Å². The maximum atomic E-state index is 12.6. The minimum absolute atomic E-state index is 0.0929. The van der Waals surface area contributed by atoms with Crippen LogP contribution >= 0.6 is 0 Å². The standard InChI is InChI=1S/C21H19NO6/c1-27-17(23)10-15(14-9-5-7-12-6-3-4-8-13(12)14)18-19(24)16(21(26)28-2)11-22-20(18)25/h3-9,11,15H,10H2,1-2H3,(H2,22,24,25)/t15-/m1/s1. The van der Waals surface area contributed by atoms with Gasteiger partial charge in [0.15, 0.2) is 0 Å². The van der Waals surface area contributed by atoms with Crippen LogP contribution in [0.4, 0.5) is 0 Å². The number of methoxy groups -OCH3 is 2. The van der Waals surface area contributed by atoms with Crippen LogP contribution in [0.5, 0.6) is 5.75 Å². The van der Waals surface area contributed by atoms with Crippen LogP contribution in [0.2, 0.25) is 0 Å². The molecule has 1 heterocycles. The molecule has 0 spiro atoms. The molecule has 0 fully saturated rings. The van der Waals surface area contributed by atoms with Crippen LogP contribution in [-0.2, 0) is 14.3 Å². The van der Waals surface area contributed by atoms with E-state index in [0.29, 0.717) is 5.56 Å². The number of hydrogen-bond acceptors (Lipinski definition) is 6. The van der Waals surface area contributed by atoms with Gasteiger partial charge in [0, 0.05) is 12.1 Å². The smallest absolute Gasteiger partial charge is 0.343 e. The Morgan fingerprint density at radius 3 is 2.50 bits per heavy atom. The Kier molecular flexibility index (Phi) is 5.44. The number of carbonyl (C=O) groups excluding carboxylic acids is 2. The van der Waals surface area contributed by atoms with E-state index < -0.39 is 29.2 Å². The highest BCUT2D eigenvalue weighted by Crippen LogP contribution is 2.37. The first-order chi connectivity index (χ1) is 13.5. The molecule has 144 valence electrons. The number of H-pyrrole nitrogens is 1. The SMILES string of the molecule is COC(=O)C[C@@H](c1c(O)c(C(=O)OC)c[nH]c1=O)c1cccc2ccccc12. The normalized spacial score (nSPS) is 11.8. The summed E-state index contributed by atoms with van der Waals surface area (Å²) in [4.78, 5) is 39.1. The van der Waals surface area contributed by atoms with E-state index in [2.05, 4.69) is 9.72 Å². The van der Waals surface area contributed by atoms with Crippen LogP contribution < -0.4 is 5.56 Å². The first-order valence-electron chi connectivity index (χ1n) is 8.55. The van der Waals surface area contributed by atoms with E-state index in [0.717, 1.165) is 17.0 Å². The van der Waals surface area contributed by atoms with E-state index in [4.69, 9.17) is 4.74 Å². The van der Waals surface area contributed by atoms with Crippen molar-refractivity contribution < 1.29 is 24.2 Å². The Hall–Kier alpha value is -3.61. The third kappa shape index (κ3) is 3.46. The van der Waals surface area contributed by atoms with E-state index in [-0.39, 0.29) is 17.5 Å². The topological polar surface area (TPSA) is 106 Å². The molecular weight excluding hydrogens is 362 g/mol. The molecular formula is C21H19NO6. The van der Waals surface area contributed by atoms with E-state index in [1.165, 1.54) is 14.2 Å². The Morgan fingerprint density at radius 2 is 1.79 bits per heavy atom. The molecule has 3 aromatic rings. The van der Waals surface area contributed by atoms with Gasteiger partial charge in [0.2, 0.25) is 0 Å². The zero-order chi connectivity index (χ0) is 20.3. The van der Waals surface area contributed by atoms with E-state index in [9.17, 15) is 19.5 Å². The van der Waals surface area contributed by atoms with Crippen molar-refractivity contribution in [1.29, 1.82) is 0 Å². The third-order valence-electron chi connectivity index (χ3n) is 4.65. The molecule has 0 saturated carbocycles. The molecule has 1 atom stereocenters. The van der Waals surface area contributed by atoms with Gasteiger partial charge in [-0.1, -0.05) is 42.5 Å². The number of carbonyl (C=O) groups is 2. The van der Waals surface area contributed by atoms with Gasteiger partial charge in [-0.3, -0.25) is 9.59 Å². The number of aromatic amines is 1. The fourth-order valence-corrected chi connectivity index (χ4v) is 3.30. The van der Waals surface area contributed by atoms with Gasteiger partial charge in [-0.25, -0.2) is 4.79 Å². The van der Waals surface area contributed by atoms with Gasteiger partial charge >= 0.3 is 11.9 Å². The van der Waals surface area contributed by atoms with Gasteiger partial charge in [0.1, 0.15) is 11.3 Å². The molecule has 7 nitrogen and oxygen atoms in total. The number of rotatable bonds is 5. The van der Waals surface area contributed by atoms with Crippen LogP contribution in [0.15, 0.2) is 53.5 Å². The number of esters is 2. The van der Waals surface area contributed by atoms with Crippen LogP contribution in [0.3, 0.4) is 0 Å². The van der Waals surface area contributed by atoms with Crippen LogP contribution in [-0.4, -0.2) is 36.2 Å². The molecule has 0 bridgehead atoms. The number of aromatic hydroxyl groups is 1. The monoisotopic (exact) mass is 381 g/mol. The average Bonchev–Trinajstić information content (AvgIpc) is 2.72. The summed E-state index contributed by atoms with van der Waals surface area (Å²) in [5.41, 5.74) is -0.227. The molecule has 28 heavy (non-hydrogen) atoms. The molecule has 0 saturated heterocycles. The van der Waals surface area contributed by atoms with Crippen LogP contribution in [0.1, 0.15) is 33.8 Å². The minimum atomic E-state index is -0.827. The highest BCUT2D eigenvalue weighted by molar-refractivity contribution is 5.93. The van der Waals surface area contributed by atoms with Gasteiger partial charge in [-0.15, -0.1) is 0 Å². The molecule has 7 heteroatoms. The zero-order valence-electron chi connectivity index (χ0n) is 15.4. The Labute approximate surface area is 160 Å². The van der Waals surface area contributed by atoms with Crippen LogP contribution in [0, 0.1) is 0 Å². The number of aromatic nitrogens is 1. The second-order valence-corrected chi connectivity index (χ2v) is 6.19. The van der Waals surface area contributed by atoms with E-state index in [1.54, 1.807) is 12.1 Å². The molecule has 0 aliphatic rings. The Morgan fingerprint density at radius 1 is 1.07 bits per heavy atom. The van der Waals surface area contributed by atoms with Crippen molar-refractivity contribution in [3.63, 3.8) is 0 Å². The quantitative estimate of drug-likeness (QED) is 0.659. The first kappa shape index (κ1) is 19.2. The van der Waals surface area contributed by atoms with Gasteiger partial charge in [0.05, 0.1) is 26.2 Å². The highest BCUT2D eigenvalue weighted by Gasteiger charge is 2.29. The van der Waals surface area contributed by atoms with Crippen molar-refractivity contribution in [2.24, 2.45) is 0 Å². The summed E-state index contributed by atoms with van der Waals surface area (Å²) in [6.45, 7) is 0. The number of benzene rings is 2. The number of nitrogens with one attached hydrogen (secondary N) is 1. The molecule has 2 N–H and O–H groups in total. The molecule has 0 aliphatic heterocycles. The van der Waals surface area contributed by atoms with Crippen molar-refractivity contribution in [3.8, 4) is 5.75 Å². The van der Waals surface area contributed by atoms with Gasteiger partial charge in [0.25, 0.3) is 5.56 Å². The number of hydrogen-bond donors (Lipinski definition) is 2. The second-order valence-electron chi connectivity index (χ2n) is 6.19. The molecule has 0 unspecified atom stereocenters. The maximum absolute atomic E-state index is 12.6. The lowest BCUT2D eigenvalue weighted by atomic mass is 9.85. The summed E-state index contributed by atoms with van der Waals surface area (Å²) in [6.07, 6.45) is 0.900. The molecule has 2 aromatic carbocycles. The lowest BCUT2D eigenvalue weighted by Gasteiger charge is -2.20. The van der Waals surface area contributed by atoms with Crippen molar-refractivity contribution >= 4 is 22.7 Å². The Balaban J connectivity index is 2.29. The largest absolute Gasteiger partial charge is 0.506 e. The highest BCUT2D eigenvalue weighted by atomic mass is 16.5. The fraction of sp³-hybridized carbons (Fsp3) is 0.190. The first-order valence-corrected chi connectivity index (χ1v) is 8.55. The summed E-state index contributed by atoms with van der Waals surface area (Å²) >= 11 is 0. The molecule has 0 aliphatic carbocycles. The summed E-state index contributed by atoms with van der Waals surface area (Å²) in [7, 11) is 2.42. The summed E-state index contributed by atoms with van der Waals surface area (Å²) in [5.74, 6) is -2.70. The molecule has 0 amide bonds. The van der Waals surface area contributed by atoms with Crippen molar-refractivity contribution in [2.75, 3.05) is 14.2 Å². The molecule has 0 radical (unpaired) electrons. The number of fused-ring (bicyclic) bond motifs is 1. The average molecular weight is 381 g/mol. The molecule has 3 rings (SSSR count). The summed E-state index contributed by atoms with van der Waals surface area (Å²) in [5, 5.41) is 12.4. The predicted octanol–water partition coefficient (Wildman–Crippen LogP) is 2.72. The second kappa shape index (κ2) is 7.96. The van der Waals surface area contributed by atoms with Crippen molar-refractivity contribution in [2.45, 2.75) is 12.3 Å². The van der Waals surface area contributed by atoms with E-state index >= 15 is 0 Å². The fourth-order valence-electron chi connectivity index (χ4n) is 3.30. The number of pyridine rings is 1. The van der Waals surface area contributed by atoms with Crippen molar-refractivity contribution in [3.05, 3.63) is 75.7 Å². The van der Waals surface area contributed by atoms with Gasteiger partial charge < -0.3 is 19.6 Å². The maximum Gasteiger partial charge on any atom is 0.343 e. The lowest BCUT2D eigenvalue weighted by molar-refractivity contribution is -0.140. The zero-order valence-corrected chi connectivity index (χ0v) is 15.4. The molecule has 1 aromatic heterocycles. The van der Waals surface area contributed by atoms with E-state index in [1.807, 2.05) is 30.3 Å². The number of ether oxygens (including phenoxy) is 2. The lowest BCUT2D eigenvalue weighted by Crippen LogP contribution is -2.22. The van der Waals surface area contributed by atoms with Crippen molar-refractivity contribution in [1.82, 2.24) is 4.98 Å². The van der Waals surface area contributed by atoms with Gasteiger partial charge in [-0.05, 0) is 16.3 Å². The van der Waals surface area contributed by atoms with Gasteiger partial charge in [-0.2, -0.15) is 0 Å². The summed E-state index contributed by atoms with van der Waals surface area (Å²) in [6, 6.07) is 13.0. The minimum Gasteiger partial charge on any atom is -0.506 e.